The van der Waals surface area contributed by atoms with E-state index in [4.69, 9.17) is 85.3 Å². The summed E-state index contributed by atoms with van der Waals surface area (Å²) in [6.07, 6.45) is 0.343. The van der Waals surface area contributed by atoms with Crippen LogP contribution in [0.2, 0.25) is 0 Å². The summed E-state index contributed by atoms with van der Waals surface area (Å²) >= 11 is 0. The largest absolute Gasteiger partial charge is 1.00 e. The molecule has 0 saturated heterocycles. The fraction of sp³-hybridized carbons (Fsp3) is 0.792. The molecule has 2 rings (SSSR count). The van der Waals surface area contributed by atoms with Gasteiger partial charge in [-0.05, 0) is 35.7 Å². The standard InChI is InChI=1S/C48H84O24S2.2K/c49-73(50,51)41-3-7-55-9-11-57-13-15-59-17-19-61-21-23-63-25-27-65-29-31-67-33-35-69-37-39-71-47-43-45-5-1-2-6-46(45)44-48(47)72-40-38-70-36-34-68-32-30-66-28-26-64-24-22-62-20-18-60-16-14-58-12-10-56-8-4-42-74(52,53)54;;/h1-2,5-6,43-44H,3-4,7-42H2,(H,49,50,51)(H,52,53,54);;/q;2*+1/p-2. The summed E-state index contributed by atoms with van der Waals surface area (Å²) < 4.78 is 163. The van der Waals surface area contributed by atoms with Crippen molar-refractivity contribution >= 4 is 31.0 Å². The van der Waals surface area contributed by atoms with Crippen molar-refractivity contribution in [3.8, 4) is 11.5 Å². The Morgan fingerprint density at radius 1 is 0.276 bits per heavy atom. The van der Waals surface area contributed by atoms with E-state index in [1.807, 2.05) is 36.4 Å². The molecule has 2 aromatic carbocycles. The van der Waals surface area contributed by atoms with Gasteiger partial charge < -0.3 is 94.4 Å². The molecule has 0 saturated carbocycles. The van der Waals surface area contributed by atoms with Crippen LogP contribution in [-0.4, -0.2) is 262 Å². The maximum atomic E-state index is 10.5. The predicted molar refractivity (Wildman–Crippen MR) is 266 cm³/mol. The van der Waals surface area contributed by atoms with Gasteiger partial charge in [-0.15, -0.1) is 0 Å². The number of fused-ring (bicyclic) bond motifs is 1. The Morgan fingerprint density at radius 2 is 0.447 bits per heavy atom. The van der Waals surface area contributed by atoms with Crippen LogP contribution < -0.4 is 112 Å². The molecule has 0 amide bonds. The van der Waals surface area contributed by atoms with E-state index in [1.165, 1.54) is 0 Å². The molecule has 0 N–H and O–H groups in total. The van der Waals surface area contributed by atoms with E-state index in [0.29, 0.717) is 223 Å². The summed E-state index contributed by atoms with van der Waals surface area (Å²) in [6, 6.07) is 11.9. The summed E-state index contributed by atoms with van der Waals surface area (Å²) in [7, 11) is -8.39. The van der Waals surface area contributed by atoms with Crippen LogP contribution in [0.5, 0.6) is 11.5 Å². The van der Waals surface area contributed by atoms with E-state index < -0.39 is 31.7 Å². The molecule has 0 aromatic heterocycles. The van der Waals surface area contributed by atoms with Crippen LogP contribution in [0.25, 0.3) is 10.8 Å². The minimum atomic E-state index is -4.19. The van der Waals surface area contributed by atoms with Gasteiger partial charge in [0.1, 0.15) is 13.2 Å². The third kappa shape index (κ3) is 52.8. The minimum absolute atomic E-state index is 0. The van der Waals surface area contributed by atoms with Gasteiger partial charge in [0.15, 0.2) is 11.5 Å². The average molecular weight is 1190 g/mol. The van der Waals surface area contributed by atoms with E-state index in [2.05, 4.69) is 0 Å². The second-order valence-corrected chi connectivity index (χ2v) is 18.4. The zero-order chi connectivity index (χ0) is 53.2. The van der Waals surface area contributed by atoms with E-state index in [-0.39, 0.29) is 129 Å². The molecule has 0 aliphatic rings. The number of hydrogen-bond donors (Lipinski definition) is 0. The maximum absolute atomic E-state index is 10.5. The topological polar surface area (TPSA) is 281 Å². The van der Waals surface area contributed by atoms with Gasteiger partial charge in [-0.2, -0.15) is 0 Å². The molecular formula is C48H82K2O24S2. The van der Waals surface area contributed by atoms with Gasteiger partial charge in [-0.3, -0.25) is 0 Å². The van der Waals surface area contributed by atoms with Crippen molar-refractivity contribution < 1.29 is 214 Å². The van der Waals surface area contributed by atoms with Crippen molar-refractivity contribution in [2.24, 2.45) is 0 Å². The van der Waals surface area contributed by atoms with E-state index >= 15 is 0 Å². The minimum Gasteiger partial charge on any atom is -0.748 e. The summed E-state index contributed by atoms with van der Waals surface area (Å²) in [5.41, 5.74) is 0. The third-order valence-corrected chi connectivity index (χ3v) is 10.9. The Labute approximate surface area is 535 Å². The molecule has 432 valence electrons. The van der Waals surface area contributed by atoms with Crippen molar-refractivity contribution in [1.29, 1.82) is 0 Å². The first kappa shape index (κ1) is 76.8. The predicted octanol–water partition coefficient (Wildman–Crippen LogP) is -4.26. The van der Waals surface area contributed by atoms with Crippen molar-refractivity contribution in [3.05, 3.63) is 36.4 Å². The van der Waals surface area contributed by atoms with Crippen LogP contribution in [0.4, 0.5) is 0 Å². The first-order valence-corrected chi connectivity index (χ1v) is 28.2. The van der Waals surface area contributed by atoms with Crippen molar-refractivity contribution in [2.75, 3.05) is 236 Å². The number of ether oxygens (including phenoxy) is 18. The molecule has 0 aliphatic heterocycles. The van der Waals surface area contributed by atoms with Crippen LogP contribution in [0, 0.1) is 0 Å². The Balaban J connectivity index is 0.0000281. The Kier molecular flexibility index (Phi) is 56.8. The molecule has 0 heterocycles. The monoisotopic (exact) mass is 1180 g/mol. The smallest absolute Gasteiger partial charge is 0.748 e. The van der Waals surface area contributed by atoms with Crippen molar-refractivity contribution in [1.82, 2.24) is 0 Å². The second-order valence-electron chi connectivity index (χ2n) is 15.4. The first-order valence-electron chi connectivity index (χ1n) is 25.0. The van der Waals surface area contributed by atoms with Gasteiger partial charge in [0.2, 0.25) is 0 Å². The van der Waals surface area contributed by atoms with Gasteiger partial charge in [0.05, 0.1) is 218 Å². The van der Waals surface area contributed by atoms with Gasteiger partial charge in [0.25, 0.3) is 0 Å². The van der Waals surface area contributed by atoms with Crippen LogP contribution in [-0.2, 0) is 96.0 Å². The molecule has 2 aromatic rings. The molecule has 0 aliphatic carbocycles. The van der Waals surface area contributed by atoms with E-state index in [0.717, 1.165) is 10.8 Å². The van der Waals surface area contributed by atoms with Crippen LogP contribution >= 0.6 is 0 Å². The van der Waals surface area contributed by atoms with E-state index in [1.54, 1.807) is 0 Å². The first-order chi connectivity index (χ1) is 36.1. The molecule has 0 radical (unpaired) electrons. The fourth-order valence-corrected chi connectivity index (χ4v) is 6.75. The molecule has 28 heteroatoms. The van der Waals surface area contributed by atoms with Gasteiger partial charge in [-0.1, -0.05) is 24.3 Å². The summed E-state index contributed by atoms with van der Waals surface area (Å²) in [5, 5.41) is 2.07. The number of rotatable bonds is 58. The number of benzene rings is 2. The van der Waals surface area contributed by atoms with Crippen molar-refractivity contribution in [2.45, 2.75) is 12.8 Å². The van der Waals surface area contributed by atoms with Crippen LogP contribution in [0.15, 0.2) is 36.4 Å². The number of hydrogen-bond acceptors (Lipinski definition) is 24. The van der Waals surface area contributed by atoms with Gasteiger partial charge in [0, 0.05) is 24.7 Å². The third-order valence-electron chi connectivity index (χ3n) is 9.36. The quantitative estimate of drug-likeness (QED) is 0.0344. The Bertz CT molecular complexity index is 1670. The second kappa shape index (κ2) is 56.2. The van der Waals surface area contributed by atoms with Crippen LogP contribution in [0.1, 0.15) is 12.8 Å². The Morgan fingerprint density at radius 3 is 0.632 bits per heavy atom. The fourth-order valence-electron chi connectivity index (χ4n) is 5.80. The average Bonchev–Trinajstić information content (AvgIpc) is 3.37. The maximum Gasteiger partial charge on any atom is 1.00 e. The molecule has 24 nitrogen and oxygen atoms in total. The molecule has 0 bridgehead atoms. The summed E-state index contributed by atoms with van der Waals surface area (Å²) in [5.74, 6) is 0.390. The van der Waals surface area contributed by atoms with Gasteiger partial charge >= 0.3 is 103 Å². The molecule has 76 heavy (non-hydrogen) atoms. The molecule has 0 fully saturated rings. The van der Waals surface area contributed by atoms with Crippen molar-refractivity contribution in [3.63, 3.8) is 0 Å². The summed E-state index contributed by atoms with van der Waals surface area (Å²) in [6.45, 7) is 13.5. The van der Waals surface area contributed by atoms with Crippen LogP contribution in [0.3, 0.4) is 0 Å². The molecule has 0 unspecified atom stereocenters. The van der Waals surface area contributed by atoms with Gasteiger partial charge in [-0.25, -0.2) is 16.8 Å². The molecule has 0 atom stereocenters. The zero-order valence-electron chi connectivity index (χ0n) is 44.9. The SMILES string of the molecule is O=S(=O)([O-])CCCOCCOCCOCCOCCOCCOCCOCCOCCOc1cc2ccccc2cc1OCCOCCOCCOCCOCCOCCOCCOCCOCCCS(=O)(=O)[O-].[K+].[K+]. The van der Waals surface area contributed by atoms with E-state index in [9.17, 15) is 25.9 Å². The molecule has 0 spiro atoms. The summed E-state index contributed by atoms with van der Waals surface area (Å²) in [4.78, 5) is 0. The Hall–Kier alpha value is 0.753. The zero-order valence-corrected chi connectivity index (χ0v) is 52.8. The molecular weight excluding hydrogens is 1100 g/mol. The normalized spacial score (nSPS) is 11.8.